The van der Waals surface area contributed by atoms with Crippen molar-refractivity contribution in [2.75, 3.05) is 47.5 Å². The van der Waals surface area contributed by atoms with Crippen LogP contribution in [0.1, 0.15) is 348 Å². The van der Waals surface area contributed by atoms with E-state index in [-0.39, 0.29) is 32.0 Å². The minimum absolute atomic E-state index is 0.0296. The van der Waals surface area contributed by atoms with Crippen molar-refractivity contribution in [2.45, 2.75) is 354 Å². The monoisotopic (exact) mass is 1360 g/mol. The summed E-state index contributed by atoms with van der Waals surface area (Å²) < 4.78 is 34.8. The van der Waals surface area contributed by atoms with Gasteiger partial charge in [0.2, 0.25) is 0 Å². The number of phosphoric ester groups is 1. The lowest BCUT2D eigenvalue weighted by Gasteiger charge is -2.24. The summed E-state index contributed by atoms with van der Waals surface area (Å²) in [6.45, 7) is 4.24. The number of nitrogens with zero attached hydrogens (tertiary/aromatic N) is 1. The first-order chi connectivity index (χ1) is 47.0. The highest BCUT2D eigenvalue weighted by molar-refractivity contribution is 7.47. The number of quaternary nitrogens is 1. The molecule has 1 N–H and O–H groups in total. The number of hydrogen-bond donors (Lipinski definition) is 1. The molecule has 10 heteroatoms. The van der Waals surface area contributed by atoms with E-state index >= 15 is 0 Å². The summed E-state index contributed by atoms with van der Waals surface area (Å²) >= 11 is 0. The molecular formula is C86H151NO8P+. The van der Waals surface area contributed by atoms with Crippen LogP contribution in [0.25, 0.3) is 0 Å². The number of carbonyl (C=O) groups is 2. The Morgan fingerprint density at radius 3 is 0.833 bits per heavy atom. The van der Waals surface area contributed by atoms with Gasteiger partial charge in [-0.1, -0.05) is 359 Å². The SMILES string of the molecule is CC/C=C\C/C=C\C/C=C\C/C=C\C/C=C\C/C=C\C/C=C\CCCCCCCCCCCCCCCCCCCC(=O)OC(COC(=O)CCCCCCCCCCCCCCCCCCCCCC/C=C\C/C=C\C/C=C\C/C=C\CC)COP(=O)(O)OCC[N+](C)(C)C. The largest absolute Gasteiger partial charge is 0.472 e. The predicted molar refractivity (Wildman–Crippen MR) is 417 cm³/mol. The number of phosphoric acid groups is 1. The Balaban J connectivity index is 3.96. The number of allylic oxidation sites excluding steroid dienone is 22. The Kier molecular flexibility index (Phi) is 72.3. The van der Waals surface area contributed by atoms with Gasteiger partial charge in [-0.15, -0.1) is 0 Å². The van der Waals surface area contributed by atoms with Crippen LogP contribution in [0.2, 0.25) is 0 Å². The zero-order chi connectivity index (χ0) is 69.7. The molecule has 0 aliphatic heterocycles. The standard InChI is InChI=1S/C86H150NO8P/c1-6-8-10-12-14-16-18-20-22-24-26-28-30-32-34-36-38-40-41-42-43-44-45-47-49-51-53-55-57-59-61-63-65-67-69-71-73-75-77-79-86(89)95-84(83-94-96(90,91)93-81-80-87(3,4)5)82-92-85(88)78-76-74-72-70-68-66-64-62-60-58-56-54-52-50-48-46-39-37-35-33-31-29-27-25-23-21-19-17-15-13-11-9-7-2/h8-11,14-17,20-23,26-29,32,34,38,40,42-43,84H,6-7,12-13,18-19,24-25,30-31,33,35-37,39,41,44-83H2,1-5H3/p+1/b10-8-,11-9-,16-14-,17-15-,22-20-,23-21-,28-26-,29-27-,34-32-,40-38-,43-42-. The average molecular weight is 1360 g/mol. The van der Waals surface area contributed by atoms with Crippen molar-refractivity contribution in [3.63, 3.8) is 0 Å². The summed E-state index contributed by atoms with van der Waals surface area (Å²) in [5.74, 6) is -0.786. The van der Waals surface area contributed by atoms with Crippen LogP contribution in [-0.2, 0) is 32.7 Å². The molecule has 9 nitrogen and oxygen atoms in total. The number of carbonyl (C=O) groups excluding carboxylic acids is 2. The summed E-state index contributed by atoms with van der Waals surface area (Å²) in [6, 6.07) is 0. The molecule has 0 aromatic heterocycles. The topological polar surface area (TPSA) is 108 Å². The number of rotatable bonds is 73. The second kappa shape index (κ2) is 75.4. The molecule has 96 heavy (non-hydrogen) atoms. The third-order valence-electron chi connectivity index (χ3n) is 17.2. The molecule has 2 unspecified atom stereocenters. The van der Waals surface area contributed by atoms with Gasteiger partial charge in [0.15, 0.2) is 6.10 Å². The molecule has 0 saturated heterocycles. The molecule has 0 aromatic rings. The molecular weight excluding hydrogens is 1210 g/mol. The van der Waals surface area contributed by atoms with Gasteiger partial charge in [-0.3, -0.25) is 18.6 Å². The summed E-state index contributed by atoms with van der Waals surface area (Å²) in [5, 5.41) is 0. The van der Waals surface area contributed by atoms with Crippen LogP contribution in [0.15, 0.2) is 134 Å². The molecule has 2 atom stereocenters. The van der Waals surface area contributed by atoms with E-state index in [0.717, 1.165) is 103 Å². The Labute approximate surface area is 593 Å². The van der Waals surface area contributed by atoms with Gasteiger partial charge in [-0.2, -0.15) is 0 Å². The maximum Gasteiger partial charge on any atom is 0.472 e. The summed E-state index contributed by atoms with van der Waals surface area (Å²) in [5.41, 5.74) is 0. The smallest absolute Gasteiger partial charge is 0.462 e. The molecule has 0 spiro atoms. The van der Waals surface area contributed by atoms with Gasteiger partial charge in [0.25, 0.3) is 0 Å². The first-order valence-electron chi connectivity index (χ1n) is 39.9. The molecule has 0 aliphatic rings. The highest BCUT2D eigenvalue weighted by atomic mass is 31.2. The molecule has 0 amide bonds. The van der Waals surface area contributed by atoms with Crippen LogP contribution in [0.3, 0.4) is 0 Å². The number of esters is 2. The zero-order valence-electron chi connectivity index (χ0n) is 63.1. The van der Waals surface area contributed by atoms with Gasteiger partial charge >= 0.3 is 19.8 Å². The van der Waals surface area contributed by atoms with E-state index in [9.17, 15) is 19.0 Å². The summed E-state index contributed by atoms with van der Waals surface area (Å²) in [4.78, 5) is 36.0. The van der Waals surface area contributed by atoms with E-state index in [0.29, 0.717) is 17.4 Å². The molecule has 0 aliphatic carbocycles. The van der Waals surface area contributed by atoms with E-state index in [2.05, 4.69) is 148 Å². The third-order valence-corrected chi connectivity index (χ3v) is 18.2. The second-order valence-corrected chi connectivity index (χ2v) is 29.1. The quantitative estimate of drug-likeness (QED) is 0.0211. The van der Waals surface area contributed by atoms with Crippen LogP contribution in [0, 0.1) is 0 Å². The van der Waals surface area contributed by atoms with Gasteiger partial charge in [-0.25, -0.2) is 4.57 Å². The maximum absolute atomic E-state index is 12.9. The molecule has 0 heterocycles. The molecule has 0 bridgehead atoms. The fourth-order valence-electron chi connectivity index (χ4n) is 11.2. The van der Waals surface area contributed by atoms with Crippen LogP contribution in [0.4, 0.5) is 0 Å². The minimum Gasteiger partial charge on any atom is -0.462 e. The van der Waals surface area contributed by atoms with E-state index in [1.807, 2.05) is 21.1 Å². The fraction of sp³-hybridized carbons (Fsp3) is 0.721. The maximum atomic E-state index is 12.9. The van der Waals surface area contributed by atoms with Crippen LogP contribution < -0.4 is 0 Å². The lowest BCUT2D eigenvalue weighted by Crippen LogP contribution is -2.37. The molecule has 0 radical (unpaired) electrons. The molecule has 0 rings (SSSR count). The molecule has 0 fully saturated rings. The average Bonchev–Trinajstić information content (AvgIpc) is 1.98. The predicted octanol–water partition coefficient (Wildman–Crippen LogP) is 26.7. The zero-order valence-corrected chi connectivity index (χ0v) is 64.0. The Morgan fingerprint density at radius 1 is 0.323 bits per heavy atom. The van der Waals surface area contributed by atoms with Crippen molar-refractivity contribution in [1.29, 1.82) is 0 Å². The van der Waals surface area contributed by atoms with E-state index < -0.39 is 26.5 Å². The minimum atomic E-state index is -4.40. The summed E-state index contributed by atoms with van der Waals surface area (Å²) in [6.07, 6.45) is 110. The molecule has 552 valence electrons. The van der Waals surface area contributed by atoms with Crippen molar-refractivity contribution in [2.24, 2.45) is 0 Å². The van der Waals surface area contributed by atoms with Gasteiger partial charge in [0, 0.05) is 12.8 Å². The Morgan fingerprint density at radius 2 is 0.562 bits per heavy atom. The van der Waals surface area contributed by atoms with Crippen molar-refractivity contribution in [3.8, 4) is 0 Å². The number of unbranched alkanes of at least 4 members (excludes halogenated alkanes) is 37. The van der Waals surface area contributed by atoms with Crippen molar-refractivity contribution >= 4 is 19.8 Å². The molecule has 0 saturated carbocycles. The van der Waals surface area contributed by atoms with E-state index in [4.69, 9.17) is 18.5 Å². The first kappa shape index (κ1) is 92.2. The van der Waals surface area contributed by atoms with Gasteiger partial charge in [0.05, 0.1) is 27.7 Å². The number of ether oxygens (including phenoxy) is 2. The fourth-order valence-corrected chi connectivity index (χ4v) is 11.9. The van der Waals surface area contributed by atoms with E-state index in [1.54, 1.807) is 0 Å². The summed E-state index contributed by atoms with van der Waals surface area (Å²) in [7, 11) is 1.48. The lowest BCUT2D eigenvalue weighted by molar-refractivity contribution is -0.870. The van der Waals surface area contributed by atoms with E-state index in [1.165, 1.54) is 212 Å². The van der Waals surface area contributed by atoms with Gasteiger partial charge < -0.3 is 18.9 Å². The van der Waals surface area contributed by atoms with Crippen LogP contribution in [0.5, 0.6) is 0 Å². The number of likely N-dealkylation sites (N-methyl/N-ethyl adjacent to an activating group) is 1. The van der Waals surface area contributed by atoms with Crippen molar-refractivity contribution in [1.82, 2.24) is 0 Å². The molecule has 0 aromatic carbocycles. The van der Waals surface area contributed by atoms with Crippen LogP contribution >= 0.6 is 7.82 Å². The van der Waals surface area contributed by atoms with Crippen molar-refractivity contribution in [3.05, 3.63) is 134 Å². The highest BCUT2D eigenvalue weighted by Gasteiger charge is 2.27. The number of hydrogen-bond acceptors (Lipinski definition) is 7. The van der Waals surface area contributed by atoms with Crippen LogP contribution in [-0.4, -0.2) is 74.9 Å². The Hall–Kier alpha value is -3.85. The normalized spacial score (nSPS) is 13.8. The van der Waals surface area contributed by atoms with Gasteiger partial charge in [-0.05, 0) is 109 Å². The third kappa shape index (κ3) is 79.1. The second-order valence-electron chi connectivity index (χ2n) is 27.7. The van der Waals surface area contributed by atoms with Crippen molar-refractivity contribution < 1.29 is 42.1 Å². The Bertz CT molecular complexity index is 2090. The first-order valence-corrected chi connectivity index (χ1v) is 41.4. The highest BCUT2D eigenvalue weighted by Crippen LogP contribution is 2.43. The van der Waals surface area contributed by atoms with Gasteiger partial charge in [0.1, 0.15) is 19.8 Å². The lowest BCUT2D eigenvalue weighted by atomic mass is 10.0.